The number of nitrogens with one attached hydrogen (secondary N) is 1. The smallest absolute Gasteiger partial charge is 0.268 e. The highest BCUT2D eigenvalue weighted by molar-refractivity contribution is 6.06. The van der Waals surface area contributed by atoms with Crippen LogP contribution in [0, 0.1) is 6.92 Å². The molecule has 3 heterocycles. The quantitative estimate of drug-likeness (QED) is 0.932. The number of nitrogens with zero attached hydrogens (tertiary/aromatic N) is 4. The first-order chi connectivity index (χ1) is 10.7. The van der Waals surface area contributed by atoms with Crippen LogP contribution in [-0.4, -0.2) is 32.5 Å². The molecule has 7 nitrogen and oxygen atoms in total. The van der Waals surface area contributed by atoms with Gasteiger partial charge in [-0.25, -0.2) is 0 Å². The minimum atomic E-state index is -0.625. The second-order valence-corrected chi connectivity index (χ2v) is 5.03. The maximum atomic E-state index is 12.2. The average Bonchev–Trinajstić information content (AvgIpc) is 3.14. The first kappa shape index (κ1) is 14.2. The minimum absolute atomic E-state index is 0.229. The van der Waals surface area contributed by atoms with E-state index in [0.29, 0.717) is 12.1 Å². The lowest BCUT2D eigenvalue weighted by Crippen LogP contribution is -2.28. The molecule has 3 rings (SSSR count). The normalized spacial score (nSPS) is 17.0. The fourth-order valence-electron chi connectivity index (χ4n) is 2.39. The lowest BCUT2D eigenvalue weighted by molar-refractivity contribution is -0.125. The number of anilines is 1. The zero-order valence-electron chi connectivity index (χ0n) is 12.5. The van der Waals surface area contributed by atoms with Gasteiger partial charge in [-0.3, -0.25) is 14.5 Å². The summed E-state index contributed by atoms with van der Waals surface area (Å²) in [5, 5.41) is 11.1. The van der Waals surface area contributed by atoms with E-state index in [1.165, 1.54) is 0 Å². The van der Waals surface area contributed by atoms with Crippen LogP contribution < -0.4 is 5.32 Å². The molecule has 0 saturated heterocycles. The van der Waals surface area contributed by atoms with Gasteiger partial charge in [-0.1, -0.05) is 5.16 Å². The third-order valence-corrected chi connectivity index (χ3v) is 3.60. The number of aryl methyl sites for hydroxylation is 1. The molecular weight excluding hydrogens is 282 g/mol. The van der Waals surface area contributed by atoms with Gasteiger partial charge in [0.15, 0.2) is 0 Å². The molecule has 1 amide bonds. The summed E-state index contributed by atoms with van der Waals surface area (Å²) in [6.07, 6.45) is 4.81. The summed E-state index contributed by atoms with van der Waals surface area (Å²) < 4.78 is 1.89. The average molecular weight is 299 g/mol. The Morgan fingerprint density at radius 1 is 1.50 bits per heavy atom. The molecule has 1 atom stereocenters. The third kappa shape index (κ3) is 2.69. The highest BCUT2D eigenvalue weighted by Crippen LogP contribution is 2.20. The number of carbonyl (C=O) groups excluding carboxylic acids is 1. The molecule has 7 heteroatoms. The number of rotatable bonds is 4. The molecular formula is C15H17N5O2. The molecule has 1 aliphatic heterocycles. The molecule has 0 saturated carbocycles. The molecule has 0 spiro atoms. The van der Waals surface area contributed by atoms with Crippen LogP contribution in [0.4, 0.5) is 5.69 Å². The van der Waals surface area contributed by atoms with Crippen molar-refractivity contribution in [1.29, 1.82) is 0 Å². The van der Waals surface area contributed by atoms with Crippen LogP contribution in [0.5, 0.6) is 0 Å². The predicted molar refractivity (Wildman–Crippen MR) is 81.5 cm³/mol. The molecule has 0 bridgehead atoms. The molecule has 0 aromatic carbocycles. The van der Waals surface area contributed by atoms with E-state index in [-0.39, 0.29) is 5.91 Å². The highest BCUT2D eigenvalue weighted by Gasteiger charge is 2.30. The molecule has 0 radical (unpaired) electrons. The summed E-state index contributed by atoms with van der Waals surface area (Å²) in [5.41, 5.74) is 3.35. The van der Waals surface area contributed by atoms with Gasteiger partial charge >= 0.3 is 0 Å². The van der Waals surface area contributed by atoms with Gasteiger partial charge in [0, 0.05) is 30.4 Å². The molecule has 2 aromatic heterocycles. The van der Waals surface area contributed by atoms with Crippen LogP contribution in [0.3, 0.4) is 0 Å². The van der Waals surface area contributed by atoms with E-state index in [1.807, 2.05) is 18.5 Å². The Balaban J connectivity index is 1.66. The van der Waals surface area contributed by atoms with Crippen molar-refractivity contribution in [3.8, 4) is 0 Å². The summed E-state index contributed by atoms with van der Waals surface area (Å²) in [4.78, 5) is 21.4. The van der Waals surface area contributed by atoms with Gasteiger partial charge in [0.25, 0.3) is 5.91 Å². The van der Waals surface area contributed by atoms with Crippen LogP contribution >= 0.6 is 0 Å². The second-order valence-electron chi connectivity index (χ2n) is 5.03. The van der Waals surface area contributed by atoms with E-state index in [4.69, 9.17) is 4.84 Å². The number of carbonyl (C=O) groups is 1. The minimum Gasteiger partial charge on any atom is -0.382 e. The van der Waals surface area contributed by atoms with Crippen LogP contribution in [0.15, 0.2) is 35.9 Å². The van der Waals surface area contributed by atoms with Crippen molar-refractivity contribution in [3.63, 3.8) is 0 Å². The molecule has 114 valence electrons. The maximum Gasteiger partial charge on any atom is 0.268 e. The first-order valence-corrected chi connectivity index (χ1v) is 7.15. The fourth-order valence-corrected chi connectivity index (χ4v) is 2.39. The number of hydrogen-bond acceptors (Lipinski definition) is 5. The summed E-state index contributed by atoms with van der Waals surface area (Å²) in [6.45, 7) is 4.81. The molecule has 1 aliphatic rings. The standard InChI is InChI=1S/C15H17N5O2/c1-3-20-10(2)12(9-17-20)13-7-14(22-19-13)15(21)18-11-5-4-6-16-8-11/h4-6,8-9,14H,3,7H2,1-2H3,(H,18,21)/t14-/m1/s1. The van der Waals surface area contributed by atoms with E-state index in [2.05, 4.69) is 20.6 Å². The van der Waals surface area contributed by atoms with E-state index >= 15 is 0 Å². The van der Waals surface area contributed by atoms with Crippen LogP contribution in [0.2, 0.25) is 0 Å². The lowest BCUT2D eigenvalue weighted by Gasteiger charge is -2.08. The Bertz CT molecular complexity index is 708. The van der Waals surface area contributed by atoms with Crippen LogP contribution in [-0.2, 0) is 16.2 Å². The van der Waals surface area contributed by atoms with Crippen molar-refractivity contribution in [2.24, 2.45) is 5.16 Å². The number of hydrogen-bond donors (Lipinski definition) is 1. The number of amides is 1. The van der Waals surface area contributed by atoms with Gasteiger partial charge < -0.3 is 10.2 Å². The summed E-state index contributed by atoms with van der Waals surface area (Å²) >= 11 is 0. The van der Waals surface area contributed by atoms with Crippen LogP contribution in [0.25, 0.3) is 0 Å². The summed E-state index contributed by atoms with van der Waals surface area (Å²) in [7, 11) is 0. The maximum absolute atomic E-state index is 12.2. The second kappa shape index (κ2) is 5.97. The molecule has 1 N–H and O–H groups in total. The summed E-state index contributed by atoms with van der Waals surface area (Å²) in [5.74, 6) is -0.229. The van der Waals surface area contributed by atoms with E-state index in [0.717, 1.165) is 23.5 Å². The number of pyridine rings is 1. The largest absolute Gasteiger partial charge is 0.382 e. The Morgan fingerprint density at radius 2 is 2.36 bits per heavy atom. The van der Waals surface area contributed by atoms with Crippen molar-refractivity contribution in [3.05, 3.63) is 42.0 Å². The summed E-state index contributed by atoms with van der Waals surface area (Å²) in [6, 6.07) is 3.53. The molecule has 22 heavy (non-hydrogen) atoms. The molecule has 0 fully saturated rings. The zero-order valence-corrected chi connectivity index (χ0v) is 12.5. The molecule has 2 aromatic rings. The zero-order chi connectivity index (χ0) is 15.5. The lowest BCUT2D eigenvalue weighted by atomic mass is 10.1. The Labute approximate surface area is 128 Å². The van der Waals surface area contributed by atoms with Crippen molar-refractivity contribution < 1.29 is 9.63 Å². The SMILES string of the molecule is CCn1ncc(C2=NO[C@@H](C(=O)Nc3cccnc3)C2)c1C. The van der Waals surface area contributed by atoms with Crippen molar-refractivity contribution >= 4 is 17.3 Å². The van der Waals surface area contributed by atoms with E-state index in [1.54, 1.807) is 30.7 Å². The van der Waals surface area contributed by atoms with Gasteiger partial charge in [-0.15, -0.1) is 0 Å². The molecule has 0 unspecified atom stereocenters. The number of oxime groups is 1. The van der Waals surface area contributed by atoms with Gasteiger partial charge in [0.05, 0.1) is 23.8 Å². The highest BCUT2D eigenvalue weighted by atomic mass is 16.6. The Hall–Kier alpha value is -2.70. The van der Waals surface area contributed by atoms with Gasteiger partial charge in [-0.05, 0) is 26.0 Å². The van der Waals surface area contributed by atoms with E-state index in [9.17, 15) is 4.79 Å². The number of aromatic nitrogens is 3. The predicted octanol–water partition coefficient (Wildman–Crippen LogP) is 1.74. The monoisotopic (exact) mass is 299 g/mol. The van der Waals surface area contributed by atoms with Gasteiger partial charge in [0.2, 0.25) is 6.10 Å². The molecule has 0 aliphatic carbocycles. The van der Waals surface area contributed by atoms with E-state index < -0.39 is 6.10 Å². The third-order valence-electron chi connectivity index (χ3n) is 3.60. The van der Waals surface area contributed by atoms with Crippen molar-refractivity contribution in [2.75, 3.05) is 5.32 Å². The fraction of sp³-hybridized carbons (Fsp3) is 0.333. The topological polar surface area (TPSA) is 81.4 Å². The van der Waals surface area contributed by atoms with Gasteiger partial charge in [-0.2, -0.15) is 5.10 Å². The van der Waals surface area contributed by atoms with Gasteiger partial charge in [0.1, 0.15) is 0 Å². The van der Waals surface area contributed by atoms with Crippen molar-refractivity contribution in [1.82, 2.24) is 14.8 Å². The van der Waals surface area contributed by atoms with Crippen molar-refractivity contribution in [2.45, 2.75) is 32.9 Å². The van der Waals surface area contributed by atoms with Crippen LogP contribution in [0.1, 0.15) is 24.6 Å². The Morgan fingerprint density at radius 3 is 3.05 bits per heavy atom. The first-order valence-electron chi connectivity index (χ1n) is 7.15. The Kier molecular flexibility index (Phi) is 3.86.